The van der Waals surface area contributed by atoms with Crippen LogP contribution in [0.1, 0.15) is 15.9 Å². The summed E-state index contributed by atoms with van der Waals surface area (Å²) >= 11 is 0.898. The highest BCUT2D eigenvalue weighted by molar-refractivity contribution is 8.15. The summed E-state index contributed by atoms with van der Waals surface area (Å²) in [4.78, 5) is 37.8. The molecule has 6 nitrogen and oxygen atoms in total. The number of amides is 2. The van der Waals surface area contributed by atoms with Gasteiger partial charge in [-0.25, -0.2) is 4.79 Å². The largest absolute Gasteiger partial charge is 0.465 e. The van der Waals surface area contributed by atoms with Crippen molar-refractivity contribution in [2.45, 2.75) is 11.9 Å². The molecule has 7 heteroatoms. The van der Waals surface area contributed by atoms with Crippen LogP contribution >= 0.6 is 11.8 Å². The lowest BCUT2D eigenvalue weighted by molar-refractivity contribution is -0.126. The number of imide groups is 1. The molecule has 1 atom stereocenters. The molecule has 1 aliphatic rings. The first-order chi connectivity index (χ1) is 12.1. The Kier molecular flexibility index (Phi) is 5.04. The number of benzene rings is 2. The molecule has 0 aromatic heterocycles. The van der Waals surface area contributed by atoms with Gasteiger partial charge in [0.05, 0.1) is 19.2 Å². The van der Waals surface area contributed by atoms with Crippen molar-refractivity contribution in [2.24, 2.45) is 0 Å². The molecule has 2 amide bonds. The van der Waals surface area contributed by atoms with Crippen molar-refractivity contribution in [3.63, 3.8) is 0 Å². The maximum absolute atomic E-state index is 12.6. The molecule has 1 heterocycles. The van der Waals surface area contributed by atoms with Crippen molar-refractivity contribution in [3.8, 4) is 0 Å². The Morgan fingerprint density at radius 1 is 1.12 bits per heavy atom. The van der Waals surface area contributed by atoms with Crippen molar-refractivity contribution in [1.29, 1.82) is 0 Å². The fourth-order valence-electron chi connectivity index (χ4n) is 2.48. The molecule has 0 spiro atoms. The van der Waals surface area contributed by atoms with E-state index in [1.165, 1.54) is 12.0 Å². The predicted octanol–water partition coefficient (Wildman–Crippen LogP) is 3.11. The van der Waals surface area contributed by atoms with E-state index in [9.17, 15) is 14.4 Å². The van der Waals surface area contributed by atoms with Crippen LogP contribution in [0.4, 0.5) is 10.5 Å². The minimum absolute atomic E-state index is 0.225. The van der Waals surface area contributed by atoms with Crippen LogP contribution in [0.15, 0.2) is 54.6 Å². The highest BCUT2D eigenvalue weighted by Crippen LogP contribution is 2.30. The Hall–Kier alpha value is -2.80. The number of rotatable bonds is 5. The maximum Gasteiger partial charge on any atom is 0.339 e. The number of carbonyl (C=O) groups is 3. The maximum atomic E-state index is 12.6. The second-order valence-corrected chi connectivity index (χ2v) is 6.41. The van der Waals surface area contributed by atoms with Gasteiger partial charge in [0.2, 0.25) is 0 Å². The number of nitrogens with zero attached hydrogens (tertiary/aromatic N) is 1. The molecule has 1 saturated heterocycles. The van der Waals surface area contributed by atoms with E-state index in [2.05, 4.69) is 5.32 Å². The zero-order chi connectivity index (χ0) is 17.8. The van der Waals surface area contributed by atoms with Gasteiger partial charge in [-0.05, 0) is 29.5 Å². The van der Waals surface area contributed by atoms with Crippen LogP contribution in [0.3, 0.4) is 0 Å². The van der Waals surface area contributed by atoms with E-state index in [0.29, 0.717) is 11.3 Å². The summed E-state index contributed by atoms with van der Waals surface area (Å²) < 4.78 is 4.74. The van der Waals surface area contributed by atoms with E-state index in [-0.39, 0.29) is 17.7 Å². The summed E-state index contributed by atoms with van der Waals surface area (Å²) in [5, 5.41) is 1.88. The van der Waals surface area contributed by atoms with Crippen molar-refractivity contribution >= 4 is 34.6 Å². The van der Waals surface area contributed by atoms with Gasteiger partial charge in [0.1, 0.15) is 0 Å². The van der Waals surface area contributed by atoms with Crippen molar-refractivity contribution in [1.82, 2.24) is 4.90 Å². The van der Waals surface area contributed by atoms with Crippen LogP contribution < -0.4 is 5.32 Å². The van der Waals surface area contributed by atoms with E-state index in [1.807, 2.05) is 30.3 Å². The fourth-order valence-corrected chi connectivity index (χ4v) is 3.38. The third kappa shape index (κ3) is 3.66. The van der Waals surface area contributed by atoms with Crippen molar-refractivity contribution < 1.29 is 19.1 Å². The molecule has 0 saturated carbocycles. The molecule has 0 radical (unpaired) electrons. The molecule has 0 aliphatic carbocycles. The van der Waals surface area contributed by atoms with Crippen LogP contribution in [0.5, 0.6) is 0 Å². The zero-order valence-electron chi connectivity index (χ0n) is 13.5. The number of esters is 1. The van der Waals surface area contributed by atoms with Gasteiger partial charge in [-0.2, -0.15) is 0 Å². The number of hydrogen-bond donors (Lipinski definition) is 1. The Morgan fingerprint density at radius 3 is 2.52 bits per heavy atom. The number of anilines is 1. The molecule has 1 N–H and O–H groups in total. The number of thioether (sulfide) groups is 1. The van der Waals surface area contributed by atoms with Crippen LogP contribution in [0, 0.1) is 0 Å². The molecular formula is C18H16N2O4S. The average Bonchev–Trinajstić information content (AvgIpc) is 2.90. The lowest BCUT2D eigenvalue weighted by Crippen LogP contribution is -2.34. The molecular weight excluding hydrogens is 340 g/mol. The molecule has 1 unspecified atom stereocenters. The molecule has 25 heavy (non-hydrogen) atoms. The van der Waals surface area contributed by atoms with Crippen LogP contribution in [-0.2, 0) is 16.1 Å². The van der Waals surface area contributed by atoms with Gasteiger partial charge in [0.25, 0.3) is 11.1 Å². The smallest absolute Gasteiger partial charge is 0.339 e. The van der Waals surface area contributed by atoms with Crippen LogP contribution in [0.2, 0.25) is 0 Å². The molecule has 128 valence electrons. The Morgan fingerprint density at radius 2 is 1.80 bits per heavy atom. The van der Waals surface area contributed by atoms with E-state index in [0.717, 1.165) is 17.3 Å². The van der Waals surface area contributed by atoms with E-state index in [1.54, 1.807) is 24.3 Å². The predicted molar refractivity (Wildman–Crippen MR) is 95.2 cm³/mol. The van der Waals surface area contributed by atoms with Gasteiger partial charge in [-0.1, -0.05) is 42.5 Å². The molecule has 1 fully saturated rings. The minimum atomic E-state index is -0.776. The fraction of sp³-hybridized carbons (Fsp3) is 0.167. The number of para-hydroxylation sites is 1. The summed E-state index contributed by atoms with van der Waals surface area (Å²) in [6, 6.07) is 16.0. The summed E-state index contributed by atoms with van der Waals surface area (Å²) in [6.45, 7) is 0.225. The number of methoxy groups -OCH3 is 1. The average molecular weight is 356 g/mol. The third-order valence-electron chi connectivity index (χ3n) is 3.73. The van der Waals surface area contributed by atoms with Crippen molar-refractivity contribution in [2.75, 3.05) is 12.4 Å². The van der Waals surface area contributed by atoms with Gasteiger partial charge in [0.15, 0.2) is 5.37 Å². The minimum Gasteiger partial charge on any atom is -0.465 e. The van der Waals surface area contributed by atoms with Gasteiger partial charge >= 0.3 is 5.97 Å². The van der Waals surface area contributed by atoms with Crippen LogP contribution in [-0.4, -0.2) is 34.5 Å². The van der Waals surface area contributed by atoms with Crippen LogP contribution in [0.25, 0.3) is 0 Å². The number of ether oxygens (including phenoxy) is 1. The Bertz CT molecular complexity index is 810. The first kappa shape index (κ1) is 17.0. The Balaban J connectivity index is 1.76. The van der Waals surface area contributed by atoms with Gasteiger partial charge in [-0.3, -0.25) is 14.5 Å². The quantitative estimate of drug-likeness (QED) is 0.830. The molecule has 3 rings (SSSR count). The van der Waals surface area contributed by atoms with Crippen molar-refractivity contribution in [3.05, 3.63) is 65.7 Å². The highest BCUT2D eigenvalue weighted by atomic mass is 32.2. The Labute approximate surface area is 149 Å². The monoisotopic (exact) mass is 356 g/mol. The van der Waals surface area contributed by atoms with E-state index < -0.39 is 11.3 Å². The standard InChI is InChI=1S/C18H16N2O4S/c1-24-17(22)13-9-5-6-10-14(13)19-15-16(21)20(18(23)25-15)11-12-7-3-2-4-8-12/h2-10,15,19H,11H2,1H3. The number of nitrogens with one attached hydrogen (secondary N) is 1. The third-order valence-corrected chi connectivity index (χ3v) is 4.71. The van der Waals surface area contributed by atoms with Gasteiger partial charge < -0.3 is 10.1 Å². The molecule has 1 aliphatic heterocycles. The number of hydrogen-bond acceptors (Lipinski definition) is 6. The number of carbonyl (C=O) groups excluding carboxylic acids is 3. The lowest BCUT2D eigenvalue weighted by Gasteiger charge is -2.16. The second-order valence-electron chi connectivity index (χ2n) is 5.36. The summed E-state index contributed by atoms with van der Waals surface area (Å²) in [5.41, 5.74) is 1.64. The molecule has 2 aromatic rings. The summed E-state index contributed by atoms with van der Waals surface area (Å²) in [6.07, 6.45) is 0. The normalized spacial score (nSPS) is 16.8. The first-order valence-electron chi connectivity index (χ1n) is 7.60. The summed E-state index contributed by atoms with van der Waals surface area (Å²) in [5.74, 6) is -0.843. The zero-order valence-corrected chi connectivity index (χ0v) is 14.3. The highest BCUT2D eigenvalue weighted by Gasteiger charge is 2.40. The van der Waals surface area contributed by atoms with Gasteiger partial charge in [-0.15, -0.1) is 0 Å². The van der Waals surface area contributed by atoms with E-state index >= 15 is 0 Å². The summed E-state index contributed by atoms with van der Waals surface area (Å²) in [7, 11) is 1.29. The first-order valence-corrected chi connectivity index (χ1v) is 8.48. The second kappa shape index (κ2) is 7.40. The molecule has 0 bridgehead atoms. The van der Waals surface area contributed by atoms with E-state index in [4.69, 9.17) is 4.74 Å². The lowest BCUT2D eigenvalue weighted by atomic mass is 10.2. The topological polar surface area (TPSA) is 75.7 Å². The molecule has 2 aromatic carbocycles. The van der Waals surface area contributed by atoms with Gasteiger partial charge in [0, 0.05) is 5.69 Å². The SMILES string of the molecule is COC(=O)c1ccccc1NC1SC(=O)N(Cc2ccccc2)C1=O.